The summed E-state index contributed by atoms with van der Waals surface area (Å²) in [5.41, 5.74) is 3.71. The Morgan fingerprint density at radius 2 is 2.04 bits per heavy atom. The van der Waals surface area contributed by atoms with Crippen LogP contribution in [-0.4, -0.2) is 38.3 Å². The van der Waals surface area contributed by atoms with Crippen LogP contribution in [-0.2, 0) is 20.9 Å². The van der Waals surface area contributed by atoms with Gasteiger partial charge in [-0.25, -0.2) is 0 Å². The van der Waals surface area contributed by atoms with Gasteiger partial charge in [0.2, 0.25) is 0 Å². The SMILES string of the molecule is COCCNC(=O)C(=O)Nc1cc2c(c(-c3cc4ccccc4s3)c1)CN=C2. The quantitative estimate of drug-likeness (QED) is 0.516. The maximum atomic E-state index is 12.2. The van der Waals surface area contributed by atoms with E-state index in [-0.39, 0.29) is 6.54 Å². The molecule has 0 saturated carbocycles. The zero-order valence-electron chi connectivity index (χ0n) is 15.3. The van der Waals surface area contributed by atoms with Crippen LogP contribution in [0.15, 0.2) is 47.5 Å². The molecule has 2 amide bonds. The summed E-state index contributed by atoms with van der Waals surface area (Å²) >= 11 is 1.70. The topological polar surface area (TPSA) is 79.8 Å². The highest BCUT2D eigenvalue weighted by Crippen LogP contribution is 2.38. The van der Waals surface area contributed by atoms with Gasteiger partial charge in [0.15, 0.2) is 0 Å². The second kappa shape index (κ2) is 7.92. The van der Waals surface area contributed by atoms with Gasteiger partial charge in [0.25, 0.3) is 0 Å². The minimum Gasteiger partial charge on any atom is -0.383 e. The number of anilines is 1. The Morgan fingerprint density at radius 3 is 2.86 bits per heavy atom. The normalized spacial score (nSPS) is 12.2. The number of hydrogen-bond acceptors (Lipinski definition) is 5. The first kappa shape index (κ1) is 18.3. The van der Waals surface area contributed by atoms with E-state index in [4.69, 9.17) is 4.74 Å². The first-order chi connectivity index (χ1) is 13.7. The van der Waals surface area contributed by atoms with Crippen molar-refractivity contribution in [1.82, 2.24) is 5.32 Å². The summed E-state index contributed by atoms with van der Waals surface area (Å²) in [5.74, 6) is -1.39. The fourth-order valence-electron chi connectivity index (χ4n) is 3.16. The van der Waals surface area contributed by atoms with Gasteiger partial charge in [0.1, 0.15) is 0 Å². The first-order valence-electron chi connectivity index (χ1n) is 8.89. The maximum Gasteiger partial charge on any atom is 0.313 e. The van der Waals surface area contributed by atoms with Gasteiger partial charge >= 0.3 is 11.8 Å². The van der Waals surface area contributed by atoms with E-state index in [1.165, 1.54) is 17.2 Å². The molecule has 2 aromatic carbocycles. The first-order valence-corrected chi connectivity index (χ1v) is 9.71. The Kier molecular flexibility index (Phi) is 5.18. The lowest BCUT2D eigenvalue weighted by atomic mass is 10.0. The van der Waals surface area contributed by atoms with Gasteiger partial charge in [0, 0.05) is 40.7 Å². The van der Waals surface area contributed by atoms with Crippen molar-refractivity contribution in [3.63, 3.8) is 0 Å². The molecular formula is C21H19N3O3S. The number of fused-ring (bicyclic) bond motifs is 2. The lowest BCUT2D eigenvalue weighted by Gasteiger charge is -2.11. The maximum absolute atomic E-state index is 12.2. The van der Waals surface area contributed by atoms with Crippen molar-refractivity contribution in [2.24, 2.45) is 4.99 Å². The molecule has 0 aliphatic carbocycles. The average Bonchev–Trinajstić information content (AvgIpc) is 3.34. The number of nitrogens with zero attached hydrogens (tertiary/aromatic N) is 1. The van der Waals surface area contributed by atoms with E-state index in [1.54, 1.807) is 17.6 Å². The molecule has 2 N–H and O–H groups in total. The number of nitrogens with one attached hydrogen (secondary N) is 2. The molecule has 6 nitrogen and oxygen atoms in total. The number of amides is 2. The lowest BCUT2D eigenvalue weighted by Crippen LogP contribution is -2.37. The molecular weight excluding hydrogens is 374 g/mol. The Balaban J connectivity index is 1.63. The van der Waals surface area contributed by atoms with Crippen molar-refractivity contribution in [1.29, 1.82) is 0 Å². The number of ether oxygens (including phenoxy) is 1. The molecule has 142 valence electrons. The summed E-state index contributed by atoms with van der Waals surface area (Å²) in [6.45, 7) is 1.25. The van der Waals surface area contributed by atoms with Crippen molar-refractivity contribution in [3.05, 3.63) is 53.6 Å². The van der Waals surface area contributed by atoms with Crippen LogP contribution >= 0.6 is 11.3 Å². The second-order valence-corrected chi connectivity index (χ2v) is 7.50. The van der Waals surface area contributed by atoms with Gasteiger partial charge in [-0.15, -0.1) is 11.3 Å². The second-order valence-electron chi connectivity index (χ2n) is 6.41. The molecule has 0 atom stereocenters. The average molecular weight is 393 g/mol. The van der Waals surface area contributed by atoms with Gasteiger partial charge in [0.05, 0.1) is 13.2 Å². The Labute approximate surface area is 166 Å². The minimum atomic E-state index is -0.701. The molecule has 4 rings (SSSR count). The van der Waals surface area contributed by atoms with Crippen LogP contribution < -0.4 is 10.6 Å². The van der Waals surface area contributed by atoms with Crippen LogP contribution in [0.25, 0.3) is 20.5 Å². The molecule has 0 unspecified atom stereocenters. The van der Waals surface area contributed by atoms with Gasteiger partial charge in [-0.2, -0.15) is 0 Å². The van der Waals surface area contributed by atoms with E-state index in [9.17, 15) is 9.59 Å². The van der Waals surface area contributed by atoms with Crippen molar-refractivity contribution < 1.29 is 14.3 Å². The van der Waals surface area contributed by atoms with Crippen LogP contribution in [0.5, 0.6) is 0 Å². The monoisotopic (exact) mass is 393 g/mol. The Bertz CT molecular complexity index is 1050. The predicted octanol–water partition coefficient (Wildman–Crippen LogP) is 3.20. The molecule has 3 aromatic rings. The van der Waals surface area contributed by atoms with E-state index < -0.39 is 11.8 Å². The smallest absolute Gasteiger partial charge is 0.313 e. The third-order valence-corrected chi connectivity index (χ3v) is 5.66. The summed E-state index contributed by atoms with van der Waals surface area (Å²) in [5, 5.41) is 6.40. The van der Waals surface area contributed by atoms with E-state index in [0.717, 1.165) is 21.6 Å². The van der Waals surface area contributed by atoms with Crippen LogP contribution in [0.3, 0.4) is 0 Å². The lowest BCUT2D eigenvalue weighted by molar-refractivity contribution is -0.136. The van der Waals surface area contributed by atoms with Gasteiger partial charge < -0.3 is 15.4 Å². The highest BCUT2D eigenvalue weighted by Gasteiger charge is 2.19. The number of methoxy groups -OCH3 is 1. The van der Waals surface area contributed by atoms with Gasteiger partial charge in [-0.3, -0.25) is 14.6 Å². The zero-order chi connectivity index (χ0) is 19.5. The standard InChI is InChI=1S/C21H19N3O3S/c1-27-7-6-23-20(25)21(26)24-15-8-14-11-22-12-17(14)16(10-15)19-9-13-4-2-3-5-18(13)28-19/h2-5,8-11H,6-7,12H2,1H3,(H,23,25)(H,24,26). The van der Waals surface area contributed by atoms with Crippen molar-refractivity contribution >= 4 is 45.1 Å². The molecule has 1 aromatic heterocycles. The number of carbonyl (C=O) groups excluding carboxylic acids is 2. The predicted molar refractivity (Wildman–Crippen MR) is 112 cm³/mol. The van der Waals surface area contributed by atoms with Crippen LogP contribution in [0.2, 0.25) is 0 Å². The number of thiophene rings is 1. The fraction of sp³-hybridized carbons (Fsp3) is 0.190. The number of hydrogen-bond donors (Lipinski definition) is 2. The van der Waals surface area contributed by atoms with Crippen LogP contribution in [0.4, 0.5) is 5.69 Å². The van der Waals surface area contributed by atoms with Crippen molar-refractivity contribution in [2.45, 2.75) is 6.54 Å². The Morgan fingerprint density at radius 1 is 1.18 bits per heavy atom. The molecule has 0 bridgehead atoms. The molecule has 7 heteroatoms. The van der Waals surface area contributed by atoms with E-state index in [2.05, 4.69) is 33.8 Å². The molecule has 1 aliphatic rings. The third kappa shape index (κ3) is 3.67. The molecule has 1 aliphatic heterocycles. The Hall–Kier alpha value is -3.03. The summed E-state index contributed by atoms with van der Waals surface area (Å²) in [6.07, 6.45) is 1.81. The van der Waals surface area contributed by atoms with Gasteiger partial charge in [-0.1, -0.05) is 18.2 Å². The highest BCUT2D eigenvalue weighted by atomic mass is 32.1. The number of aliphatic imine (C=N–C) groups is 1. The van der Waals surface area contributed by atoms with Crippen LogP contribution in [0, 0.1) is 0 Å². The third-order valence-electron chi connectivity index (χ3n) is 4.51. The van der Waals surface area contributed by atoms with E-state index >= 15 is 0 Å². The largest absolute Gasteiger partial charge is 0.383 e. The van der Waals surface area contributed by atoms with Crippen molar-refractivity contribution in [3.8, 4) is 10.4 Å². The summed E-state index contributed by atoms with van der Waals surface area (Å²) in [7, 11) is 1.54. The van der Waals surface area contributed by atoms with Crippen LogP contribution in [0.1, 0.15) is 11.1 Å². The molecule has 0 fully saturated rings. The molecule has 2 heterocycles. The minimum absolute atomic E-state index is 0.284. The summed E-state index contributed by atoms with van der Waals surface area (Å²) in [6, 6.07) is 14.1. The van der Waals surface area contributed by atoms with E-state index in [0.29, 0.717) is 18.8 Å². The summed E-state index contributed by atoms with van der Waals surface area (Å²) in [4.78, 5) is 29.6. The van der Waals surface area contributed by atoms with Gasteiger partial charge in [-0.05, 0) is 40.8 Å². The summed E-state index contributed by atoms with van der Waals surface area (Å²) < 4.78 is 6.08. The number of carbonyl (C=O) groups is 2. The number of benzene rings is 2. The zero-order valence-corrected chi connectivity index (χ0v) is 16.1. The fourth-order valence-corrected chi connectivity index (χ4v) is 4.27. The van der Waals surface area contributed by atoms with Crippen molar-refractivity contribution in [2.75, 3.05) is 25.6 Å². The van der Waals surface area contributed by atoms with E-state index in [1.807, 2.05) is 24.3 Å². The number of rotatable bonds is 5. The molecule has 0 radical (unpaired) electrons. The molecule has 0 saturated heterocycles. The molecule has 28 heavy (non-hydrogen) atoms. The highest BCUT2D eigenvalue weighted by molar-refractivity contribution is 7.22. The molecule has 0 spiro atoms.